The normalized spacial score (nSPS) is 13.6. The van der Waals surface area contributed by atoms with Crippen molar-refractivity contribution in [3.8, 4) is 0 Å². The summed E-state index contributed by atoms with van der Waals surface area (Å²) in [6, 6.07) is 6.83. The van der Waals surface area contributed by atoms with E-state index in [0.717, 1.165) is 5.56 Å². The zero-order valence-corrected chi connectivity index (χ0v) is 11.8. The second kappa shape index (κ2) is 6.59. The van der Waals surface area contributed by atoms with Crippen LogP contribution in [0.4, 0.5) is 0 Å². The van der Waals surface area contributed by atoms with E-state index in [1.54, 1.807) is 25.1 Å². The van der Waals surface area contributed by atoms with Gasteiger partial charge < -0.3 is 0 Å². The largest absolute Gasteiger partial charge is 0.212 e. The molecule has 17 heavy (non-hydrogen) atoms. The number of benzene rings is 1. The van der Waals surface area contributed by atoms with Gasteiger partial charge in [0.1, 0.15) is 0 Å². The van der Waals surface area contributed by atoms with Gasteiger partial charge in [0.05, 0.1) is 5.75 Å². The summed E-state index contributed by atoms with van der Waals surface area (Å²) >= 11 is 11.3. The first-order chi connectivity index (χ1) is 7.94. The van der Waals surface area contributed by atoms with Crippen molar-refractivity contribution >= 4 is 33.2 Å². The van der Waals surface area contributed by atoms with E-state index in [9.17, 15) is 8.42 Å². The Labute approximate surface area is 112 Å². The SMILES string of the molecule is C[C@H](NS(=O)(=O)CCCCl)c1cccc(Cl)c1. The first kappa shape index (κ1) is 14.8. The number of hydrogen-bond donors (Lipinski definition) is 1. The second-order valence-electron chi connectivity index (χ2n) is 3.76. The second-order valence-corrected chi connectivity index (χ2v) is 6.44. The Bertz CT molecular complexity index is 462. The summed E-state index contributed by atoms with van der Waals surface area (Å²) in [5.74, 6) is 0.383. The molecule has 1 aromatic carbocycles. The van der Waals surface area contributed by atoms with Gasteiger partial charge in [-0.1, -0.05) is 23.7 Å². The fourth-order valence-electron chi connectivity index (χ4n) is 1.42. The molecule has 0 unspecified atom stereocenters. The van der Waals surface area contributed by atoms with E-state index in [1.165, 1.54) is 0 Å². The van der Waals surface area contributed by atoms with E-state index in [1.807, 2.05) is 6.07 Å². The van der Waals surface area contributed by atoms with Gasteiger partial charge in [-0.05, 0) is 31.0 Å². The lowest BCUT2D eigenvalue weighted by molar-refractivity contribution is 0.566. The van der Waals surface area contributed by atoms with Crippen LogP contribution in [0.15, 0.2) is 24.3 Å². The first-order valence-corrected chi connectivity index (χ1v) is 7.82. The minimum absolute atomic E-state index is 0.0431. The fourth-order valence-corrected chi connectivity index (χ4v) is 3.22. The number of nitrogens with one attached hydrogen (secondary N) is 1. The Morgan fingerprint density at radius 1 is 1.41 bits per heavy atom. The van der Waals surface area contributed by atoms with Crippen LogP contribution in [0.2, 0.25) is 5.02 Å². The molecule has 3 nitrogen and oxygen atoms in total. The third-order valence-corrected chi connectivity index (χ3v) is 4.29. The molecule has 6 heteroatoms. The Hall–Kier alpha value is -0.290. The van der Waals surface area contributed by atoms with Gasteiger partial charge >= 0.3 is 0 Å². The molecule has 0 aliphatic carbocycles. The molecule has 0 radical (unpaired) electrons. The zero-order valence-electron chi connectivity index (χ0n) is 9.49. The lowest BCUT2D eigenvalue weighted by Crippen LogP contribution is -2.29. The van der Waals surface area contributed by atoms with Gasteiger partial charge in [0.25, 0.3) is 0 Å². The zero-order chi connectivity index (χ0) is 12.9. The van der Waals surface area contributed by atoms with Crippen LogP contribution < -0.4 is 4.72 Å². The maximum atomic E-state index is 11.7. The summed E-state index contributed by atoms with van der Waals surface area (Å²) in [6.07, 6.45) is 0.444. The molecule has 0 fully saturated rings. The van der Waals surface area contributed by atoms with E-state index in [4.69, 9.17) is 23.2 Å². The Kier molecular flexibility index (Phi) is 5.73. The molecule has 0 spiro atoms. The van der Waals surface area contributed by atoms with Gasteiger partial charge in [0, 0.05) is 16.9 Å². The topological polar surface area (TPSA) is 46.2 Å². The number of alkyl halides is 1. The number of hydrogen-bond acceptors (Lipinski definition) is 2. The number of halogens is 2. The van der Waals surface area contributed by atoms with Crippen LogP contribution in [-0.4, -0.2) is 20.1 Å². The third-order valence-electron chi connectivity index (χ3n) is 2.25. The minimum atomic E-state index is -3.28. The van der Waals surface area contributed by atoms with Gasteiger partial charge in [-0.25, -0.2) is 13.1 Å². The van der Waals surface area contributed by atoms with Crippen molar-refractivity contribution < 1.29 is 8.42 Å². The summed E-state index contributed by atoms with van der Waals surface area (Å²) in [7, 11) is -3.28. The van der Waals surface area contributed by atoms with Crippen molar-refractivity contribution in [2.75, 3.05) is 11.6 Å². The molecular weight excluding hydrogens is 281 g/mol. The summed E-state index contributed by atoms with van der Waals surface area (Å²) < 4.78 is 25.9. The van der Waals surface area contributed by atoms with Crippen molar-refractivity contribution in [1.82, 2.24) is 4.72 Å². The molecule has 1 atom stereocenters. The van der Waals surface area contributed by atoms with Crippen molar-refractivity contribution in [1.29, 1.82) is 0 Å². The van der Waals surface area contributed by atoms with Gasteiger partial charge in [-0.2, -0.15) is 0 Å². The van der Waals surface area contributed by atoms with Gasteiger partial charge in [-0.3, -0.25) is 0 Å². The van der Waals surface area contributed by atoms with E-state index < -0.39 is 10.0 Å². The molecule has 0 saturated heterocycles. The van der Waals surface area contributed by atoms with E-state index in [2.05, 4.69) is 4.72 Å². The smallest absolute Gasteiger partial charge is 0.212 e. The highest BCUT2D eigenvalue weighted by Gasteiger charge is 2.15. The van der Waals surface area contributed by atoms with Crippen LogP contribution in [0.1, 0.15) is 24.9 Å². The number of sulfonamides is 1. The molecule has 0 saturated carbocycles. The van der Waals surface area contributed by atoms with Crippen LogP contribution in [0.25, 0.3) is 0 Å². The maximum Gasteiger partial charge on any atom is 0.212 e. The third kappa shape index (κ3) is 5.25. The summed E-state index contributed by atoms with van der Waals surface area (Å²) in [6.45, 7) is 1.78. The highest BCUT2D eigenvalue weighted by Crippen LogP contribution is 2.18. The van der Waals surface area contributed by atoms with Crippen LogP contribution >= 0.6 is 23.2 Å². The minimum Gasteiger partial charge on any atom is -0.212 e. The predicted octanol–water partition coefficient (Wildman–Crippen LogP) is 2.95. The molecule has 0 heterocycles. The molecule has 1 rings (SSSR count). The molecule has 0 aliphatic rings. The number of rotatable bonds is 6. The summed E-state index contributed by atoms with van der Waals surface area (Å²) in [5, 5.41) is 0.592. The molecule has 0 aromatic heterocycles. The van der Waals surface area contributed by atoms with Crippen molar-refractivity contribution in [3.05, 3.63) is 34.9 Å². The predicted molar refractivity (Wildman–Crippen MR) is 72.1 cm³/mol. The van der Waals surface area contributed by atoms with Crippen molar-refractivity contribution in [3.63, 3.8) is 0 Å². The van der Waals surface area contributed by atoms with Gasteiger partial charge in [-0.15, -0.1) is 11.6 Å². The Morgan fingerprint density at radius 2 is 2.12 bits per heavy atom. The molecule has 96 valence electrons. The van der Waals surface area contributed by atoms with Crippen molar-refractivity contribution in [2.45, 2.75) is 19.4 Å². The van der Waals surface area contributed by atoms with Crippen LogP contribution in [0.3, 0.4) is 0 Å². The Morgan fingerprint density at radius 3 is 2.71 bits per heavy atom. The summed E-state index contributed by atoms with van der Waals surface area (Å²) in [4.78, 5) is 0. The fraction of sp³-hybridized carbons (Fsp3) is 0.455. The molecular formula is C11H15Cl2NO2S. The first-order valence-electron chi connectivity index (χ1n) is 5.26. The van der Waals surface area contributed by atoms with E-state index >= 15 is 0 Å². The molecule has 0 amide bonds. The molecule has 1 aromatic rings. The molecule has 0 bridgehead atoms. The van der Waals surface area contributed by atoms with Gasteiger partial charge in [0.15, 0.2) is 0 Å². The molecule has 0 aliphatic heterocycles. The van der Waals surface area contributed by atoms with Gasteiger partial charge in [0.2, 0.25) is 10.0 Å². The monoisotopic (exact) mass is 295 g/mol. The van der Waals surface area contributed by atoms with Crippen LogP contribution in [0, 0.1) is 0 Å². The van der Waals surface area contributed by atoms with Crippen molar-refractivity contribution in [2.24, 2.45) is 0 Å². The lowest BCUT2D eigenvalue weighted by atomic mass is 10.1. The standard InChI is InChI=1S/C11H15Cl2NO2S/c1-9(10-4-2-5-11(13)8-10)14-17(15,16)7-3-6-12/h2,4-5,8-9,14H,3,6-7H2,1H3/t9-/m0/s1. The van der Waals surface area contributed by atoms with E-state index in [0.29, 0.717) is 17.3 Å². The Balaban J connectivity index is 2.69. The molecule has 1 N–H and O–H groups in total. The summed E-state index contributed by atoms with van der Waals surface area (Å²) in [5.41, 5.74) is 0.840. The highest BCUT2D eigenvalue weighted by atomic mass is 35.5. The average Bonchev–Trinajstić information content (AvgIpc) is 2.26. The lowest BCUT2D eigenvalue weighted by Gasteiger charge is -2.14. The van der Waals surface area contributed by atoms with E-state index in [-0.39, 0.29) is 11.8 Å². The highest BCUT2D eigenvalue weighted by molar-refractivity contribution is 7.89. The van der Waals surface area contributed by atoms with Crippen LogP contribution in [-0.2, 0) is 10.0 Å². The quantitative estimate of drug-likeness (QED) is 0.820. The average molecular weight is 296 g/mol. The van der Waals surface area contributed by atoms with Crippen LogP contribution in [0.5, 0.6) is 0 Å². The maximum absolute atomic E-state index is 11.7.